The third-order valence-electron chi connectivity index (χ3n) is 3.23. The van der Waals surface area contributed by atoms with Crippen LogP contribution in [-0.2, 0) is 9.47 Å². The third-order valence-corrected chi connectivity index (χ3v) is 7.79. The predicted molar refractivity (Wildman–Crippen MR) is 88.3 cm³/mol. The lowest BCUT2D eigenvalue weighted by Crippen LogP contribution is -2.53. The first kappa shape index (κ1) is 20.2. The van der Waals surface area contributed by atoms with Crippen molar-refractivity contribution < 1.29 is 19.1 Å². The van der Waals surface area contributed by atoms with Crippen LogP contribution in [0.25, 0.3) is 0 Å². The molecule has 0 amide bonds. The first-order chi connectivity index (χ1) is 9.80. The maximum Gasteiger partial charge on any atom is 0.311 e. The molecule has 0 atom stereocenters. The van der Waals surface area contributed by atoms with Gasteiger partial charge in [-0.15, -0.1) is 0 Å². The fraction of sp³-hybridized carbons (Fsp3) is 0.875. The molecule has 0 spiro atoms. The number of carbonyl (C=O) groups is 2. The van der Waals surface area contributed by atoms with Crippen molar-refractivity contribution in [2.45, 2.75) is 66.5 Å². The summed E-state index contributed by atoms with van der Waals surface area (Å²) in [6.45, 7) is 12.7. The van der Waals surface area contributed by atoms with Gasteiger partial charge in [0.05, 0.1) is 13.2 Å². The number of hydrogen-bond donors (Lipinski definition) is 0. The van der Waals surface area contributed by atoms with Crippen LogP contribution in [0, 0.1) is 11.8 Å². The van der Waals surface area contributed by atoms with E-state index in [1.54, 1.807) is 0 Å². The van der Waals surface area contributed by atoms with E-state index >= 15 is 0 Å². The van der Waals surface area contributed by atoms with Gasteiger partial charge in [0.25, 0.3) is 11.2 Å². The Kier molecular flexibility index (Phi) is 9.58. The van der Waals surface area contributed by atoms with Gasteiger partial charge in [-0.2, -0.15) is 0 Å². The number of hydrogen-bond acceptors (Lipinski definition) is 4. The van der Waals surface area contributed by atoms with E-state index in [2.05, 4.69) is 0 Å². The van der Waals surface area contributed by atoms with Crippen molar-refractivity contribution in [3.63, 3.8) is 0 Å². The molecule has 0 rings (SSSR count). The van der Waals surface area contributed by atoms with E-state index in [4.69, 9.17) is 9.47 Å². The second-order valence-electron chi connectivity index (χ2n) is 6.57. The van der Waals surface area contributed by atoms with E-state index in [-0.39, 0.29) is 23.0 Å². The van der Waals surface area contributed by atoms with Crippen molar-refractivity contribution in [1.29, 1.82) is 0 Å². The summed E-state index contributed by atoms with van der Waals surface area (Å²) < 4.78 is 10.8. The highest BCUT2D eigenvalue weighted by atomic mass is 28.3. The van der Waals surface area contributed by atoms with Gasteiger partial charge in [-0.1, -0.05) is 54.4 Å². The number of rotatable bonds is 10. The lowest BCUT2D eigenvalue weighted by Gasteiger charge is -2.27. The van der Waals surface area contributed by atoms with Crippen LogP contribution in [0.5, 0.6) is 0 Å². The van der Waals surface area contributed by atoms with Crippen LogP contribution in [0.4, 0.5) is 9.59 Å². The van der Waals surface area contributed by atoms with E-state index in [1.165, 1.54) is 0 Å². The van der Waals surface area contributed by atoms with Crippen LogP contribution in [-0.4, -0.2) is 32.5 Å². The highest BCUT2D eigenvalue weighted by Crippen LogP contribution is 2.25. The zero-order valence-electron chi connectivity index (χ0n) is 14.5. The second-order valence-corrected chi connectivity index (χ2v) is 10.5. The minimum Gasteiger partial charge on any atom is -0.469 e. The van der Waals surface area contributed by atoms with Crippen LogP contribution in [0.2, 0.25) is 12.1 Å². The lowest BCUT2D eigenvalue weighted by atomic mass is 10.2. The standard InChI is InChI=1S/C16H32O4Si/c1-7-9-21(10-8-2,15(17)19-11-13(3)4)16(18)20-12-14(5)6/h13-14H,7-12H2,1-6H3. The van der Waals surface area contributed by atoms with Crippen LogP contribution >= 0.6 is 0 Å². The third kappa shape index (κ3) is 6.63. The molecule has 0 bridgehead atoms. The van der Waals surface area contributed by atoms with E-state index in [0.717, 1.165) is 12.8 Å². The molecule has 124 valence electrons. The Balaban J connectivity index is 5.11. The molecule has 0 fully saturated rings. The van der Waals surface area contributed by atoms with E-state index < -0.39 is 8.07 Å². The summed E-state index contributed by atoms with van der Waals surface area (Å²) in [4.78, 5) is 25.1. The van der Waals surface area contributed by atoms with Gasteiger partial charge in [-0.05, 0) is 23.9 Å². The molecule has 0 saturated heterocycles. The van der Waals surface area contributed by atoms with Crippen molar-refractivity contribution >= 4 is 19.3 Å². The molecular weight excluding hydrogens is 284 g/mol. The Bertz CT molecular complexity index is 294. The van der Waals surface area contributed by atoms with Crippen LogP contribution in [0.1, 0.15) is 54.4 Å². The van der Waals surface area contributed by atoms with E-state index in [0.29, 0.717) is 25.3 Å². The largest absolute Gasteiger partial charge is 0.469 e. The van der Waals surface area contributed by atoms with E-state index in [9.17, 15) is 9.59 Å². The first-order valence-corrected chi connectivity index (χ1v) is 10.6. The molecule has 0 heterocycles. The predicted octanol–water partition coefficient (Wildman–Crippen LogP) is 5.00. The zero-order valence-corrected chi connectivity index (χ0v) is 15.5. The monoisotopic (exact) mass is 316 g/mol. The lowest BCUT2D eigenvalue weighted by molar-refractivity contribution is 0.145. The first-order valence-electron chi connectivity index (χ1n) is 8.14. The molecule has 0 N–H and O–H groups in total. The summed E-state index contributed by atoms with van der Waals surface area (Å²) in [5.41, 5.74) is -0.567. The van der Waals surface area contributed by atoms with E-state index in [1.807, 2.05) is 41.5 Å². The van der Waals surface area contributed by atoms with Crippen LogP contribution < -0.4 is 0 Å². The fourth-order valence-electron chi connectivity index (χ4n) is 2.23. The summed E-state index contributed by atoms with van der Waals surface area (Å²) in [5.74, 6) is 0.547. The highest BCUT2D eigenvalue weighted by Gasteiger charge is 2.51. The average molecular weight is 317 g/mol. The summed E-state index contributed by atoms with van der Waals surface area (Å²) in [7, 11) is -2.86. The van der Waals surface area contributed by atoms with Gasteiger partial charge in [0.15, 0.2) is 0 Å². The number of ether oxygens (including phenoxy) is 2. The van der Waals surface area contributed by atoms with Crippen LogP contribution in [0.3, 0.4) is 0 Å². The smallest absolute Gasteiger partial charge is 0.311 e. The maximum atomic E-state index is 12.6. The maximum absolute atomic E-state index is 12.6. The van der Waals surface area contributed by atoms with Gasteiger partial charge in [-0.3, -0.25) is 9.59 Å². The molecule has 0 aliphatic heterocycles. The molecular formula is C16H32O4Si. The molecule has 0 unspecified atom stereocenters. The summed E-state index contributed by atoms with van der Waals surface area (Å²) in [6, 6.07) is 1.24. The molecule has 21 heavy (non-hydrogen) atoms. The molecule has 0 aliphatic rings. The van der Waals surface area contributed by atoms with Crippen molar-refractivity contribution in [3.8, 4) is 0 Å². The minimum atomic E-state index is -2.86. The van der Waals surface area contributed by atoms with Gasteiger partial charge in [0.1, 0.15) is 0 Å². The normalized spacial score (nSPS) is 11.8. The average Bonchev–Trinajstić information content (AvgIpc) is 2.41. The Hall–Kier alpha value is -0.843. The Morgan fingerprint density at radius 1 is 0.810 bits per heavy atom. The molecule has 0 aliphatic carbocycles. The molecule has 4 nitrogen and oxygen atoms in total. The molecule has 0 radical (unpaired) electrons. The molecule has 0 saturated carbocycles. The Morgan fingerprint density at radius 2 is 1.14 bits per heavy atom. The van der Waals surface area contributed by atoms with Crippen molar-refractivity contribution in [3.05, 3.63) is 0 Å². The van der Waals surface area contributed by atoms with Crippen molar-refractivity contribution in [2.75, 3.05) is 13.2 Å². The van der Waals surface area contributed by atoms with Gasteiger partial charge < -0.3 is 9.47 Å². The van der Waals surface area contributed by atoms with Crippen molar-refractivity contribution in [1.82, 2.24) is 0 Å². The minimum absolute atomic E-state index is 0.274. The molecule has 5 heteroatoms. The summed E-state index contributed by atoms with van der Waals surface area (Å²) in [5, 5.41) is 0. The molecule has 0 aromatic carbocycles. The number of carbonyl (C=O) groups excluding carboxylic acids is 2. The zero-order chi connectivity index (χ0) is 16.5. The second kappa shape index (κ2) is 9.98. The summed E-state index contributed by atoms with van der Waals surface area (Å²) >= 11 is 0. The summed E-state index contributed by atoms with van der Waals surface area (Å²) in [6.07, 6.45) is 1.61. The SMILES string of the molecule is CCC[Si](CCC)(C(=O)OCC(C)C)C(=O)OCC(C)C. The Morgan fingerprint density at radius 3 is 1.38 bits per heavy atom. The van der Waals surface area contributed by atoms with Crippen LogP contribution in [0.15, 0.2) is 0 Å². The Labute approximate surface area is 130 Å². The van der Waals surface area contributed by atoms with Gasteiger partial charge in [0, 0.05) is 0 Å². The topological polar surface area (TPSA) is 52.6 Å². The van der Waals surface area contributed by atoms with Gasteiger partial charge in [-0.25, -0.2) is 0 Å². The van der Waals surface area contributed by atoms with Gasteiger partial charge in [0.2, 0.25) is 0 Å². The fourth-order valence-corrected chi connectivity index (χ4v) is 5.89. The highest BCUT2D eigenvalue weighted by molar-refractivity contribution is 7.23. The van der Waals surface area contributed by atoms with Gasteiger partial charge >= 0.3 is 8.07 Å². The van der Waals surface area contributed by atoms with Crippen molar-refractivity contribution in [2.24, 2.45) is 11.8 Å². The molecule has 0 aromatic heterocycles. The molecule has 0 aromatic rings. The quantitative estimate of drug-likeness (QED) is 0.532.